The third kappa shape index (κ3) is 9.72. The van der Waals surface area contributed by atoms with Crippen molar-refractivity contribution < 1.29 is 27.8 Å². The summed E-state index contributed by atoms with van der Waals surface area (Å²) < 4.78 is 41.7. The second kappa shape index (κ2) is 13.8. The topological polar surface area (TPSA) is 140 Å². The van der Waals surface area contributed by atoms with Crippen molar-refractivity contribution in [3.05, 3.63) is 65.2 Å². The predicted octanol–water partition coefficient (Wildman–Crippen LogP) is 6.38. The number of aromatic nitrogens is 2. The number of hydrogen-bond donors (Lipinski definition) is 3. The zero-order chi connectivity index (χ0) is 33.0. The van der Waals surface area contributed by atoms with Crippen LogP contribution in [0.2, 0.25) is 0 Å². The summed E-state index contributed by atoms with van der Waals surface area (Å²) in [6.07, 6.45) is 4.12. The van der Waals surface area contributed by atoms with Gasteiger partial charge in [-0.15, -0.1) is 0 Å². The van der Waals surface area contributed by atoms with Crippen molar-refractivity contribution in [1.82, 2.24) is 15.3 Å². The van der Waals surface area contributed by atoms with Crippen molar-refractivity contribution in [3.8, 4) is 17.1 Å². The number of aryl methyl sites for hydroxylation is 2. The second-order valence-corrected chi connectivity index (χ2v) is 15.4. The Morgan fingerprint density at radius 3 is 2.44 bits per heavy atom. The Bertz CT molecular complexity index is 1600. The van der Waals surface area contributed by atoms with Crippen LogP contribution in [0.25, 0.3) is 11.3 Å². The maximum atomic E-state index is 13.3. The first-order chi connectivity index (χ1) is 21.0. The van der Waals surface area contributed by atoms with Gasteiger partial charge in [-0.05, 0) is 88.1 Å². The number of carbonyl (C=O) groups is 1. The summed E-state index contributed by atoms with van der Waals surface area (Å²) in [5, 5.41) is 13.0. The molecule has 4 rings (SSSR count). The van der Waals surface area contributed by atoms with Gasteiger partial charge >= 0.3 is 5.97 Å². The van der Waals surface area contributed by atoms with Crippen LogP contribution in [0.3, 0.4) is 0 Å². The van der Waals surface area contributed by atoms with E-state index in [0.29, 0.717) is 18.8 Å². The highest BCUT2D eigenvalue weighted by atomic mass is 32.2. The molecular weight excluding hydrogens is 592 g/mol. The van der Waals surface area contributed by atoms with Gasteiger partial charge in [0.25, 0.3) is 10.0 Å². The van der Waals surface area contributed by atoms with Gasteiger partial charge < -0.3 is 19.9 Å². The summed E-state index contributed by atoms with van der Waals surface area (Å²) in [4.78, 5) is 20.2. The fourth-order valence-electron chi connectivity index (χ4n) is 5.75. The number of nitrogens with one attached hydrogen (secondary N) is 2. The van der Waals surface area contributed by atoms with Gasteiger partial charge in [0, 0.05) is 24.2 Å². The predicted molar refractivity (Wildman–Crippen MR) is 175 cm³/mol. The number of carboxylic acids is 1. The number of benzene rings is 2. The molecule has 1 saturated heterocycles. The van der Waals surface area contributed by atoms with E-state index in [1.54, 1.807) is 6.07 Å². The molecule has 2 heterocycles. The normalized spacial score (nSPS) is 17.4. The summed E-state index contributed by atoms with van der Waals surface area (Å²) in [5.74, 6) is -1.19. The largest absolute Gasteiger partial charge is 0.478 e. The number of hydrogen-bond acceptors (Lipinski definition) is 8. The van der Waals surface area contributed by atoms with Crippen LogP contribution in [0.5, 0.6) is 5.88 Å². The molecule has 0 amide bonds. The van der Waals surface area contributed by atoms with Crippen LogP contribution >= 0.6 is 0 Å². The van der Waals surface area contributed by atoms with E-state index >= 15 is 0 Å². The van der Waals surface area contributed by atoms with Gasteiger partial charge in [0.2, 0.25) is 11.8 Å². The SMILES string of the molecule is Cc1cccc(C)c1-c1cc(OCC(CC(C)(C)C)NCC2CCCC(C)(C)O2)nc(NS(=O)(=O)c2cccc(C(=O)O)c2)n1. The Hall–Kier alpha value is -3.54. The van der Waals surface area contributed by atoms with E-state index in [1.165, 1.54) is 18.2 Å². The average molecular weight is 639 g/mol. The van der Waals surface area contributed by atoms with E-state index in [0.717, 1.165) is 48.4 Å². The van der Waals surface area contributed by atoms with Crippen molar-refractivity contribution in [3.63, 3.8) is 0 Å². The van der Waals surface area contributed by atoms with Crippen molar-refractivity contribution in [2.75, 3.05) is 17.9 Å². The standard InChI is InChI=1S/C34H46N4O6S/c1-22-11-8-12-23(2)30(22)28-18-29(37-32(36-28)38-45(41,42)27-15-9-13-24(17-27)31(39)40)43-21-25(19-33(3,4)5)35-20-26-14-10-16-34(6,7)44-26/h8-9,11-13,15,17-18,25-26,35H,10,14,16,19-21H2,1-7H3,(H,39,40)(H,36,37,38). The highest BCUT2D eigenvalue weighted by molar-refractivity contribution is 7.92. The minimum absolute atomic E-state index is 0.0175. The number of rotatable bonds is 12. The van der Waals surface area contributed by atoms with Gasteiger partial charge in [0.15, 0.2) is 0 Å². The van der Waals surface area contributed by atoms with Crippen molar-refractivity contribution in [2.45, 2.75) is 96.8 Å². The minimum atomic E-state index is -4.21. The quantitative estimate of drug-likeness (QED) is 0.206. The van der Waals surface area contributed by atoms with E-state index in [4.69, 9.17) is 9.47 Å². The molecule has 1 fully saturated rings. The number of nitrogens with zero attached hydrogens (tertiary/aromatic N) is 2. The number of ether oxygens (including phenoxy) is 2. The van der Waals surface area contributed by atoms with E-state index in [-0.39, 0.29) is 45.4 Å². The molecule has 0 saturated carbocycles. The van der Waals surface area contributed by atoms with Crippen LogP contribution in [-0.4, -0.2) is 60.4 Å². The molecule has 0 bridgehead atoms. The average Bonchev–Trinajstić information content (AvgIpc) is 2.93. The van der Waals surface area contributed by atoms with Gasteiger partial charge in [-0.3, -0.25) is 0 Å². The second-order valence-electron chi connectivity index (χ2n) is 13.7. The molecule has 11 heteroatoms. The molecule has 45 heavy (non-hydrogen) atoms. The lowest BCUT2D eigenvalue weighted by atomic mass is 9.88. The first-order valence-corrected chi connectivity index (χ1v) is 16.9. The van der Waals surface area contributed by atoms with E-state index in [2.05, 4.69) is 54.6 Å². The molecule has 10 nitrogen and oxygen atoms in total. The molecule has 0 spiro atoms. The Kier molecular flexibility index (Phi) is 10.6. The van der Waals surface area contributed by atoms with Crippen molar-refractivity contribution in [1.29, 1.82) is 0 Å². The number of sulfonamides is 1. The highest BCUT2D eigenvalue weighted by Crippen LogP contribution is 2.31. The molecule has 0 aliphatic carbocycles. The van der Waals surface area contributed by atoms with Gasteiger partial charge in [-0.2, -0.15) is 4.98 Å². The van der Waals surface area contributed by atoms with Crippen LogP contribution in [-0.2, 0) is 14.8 Å². The van der Waals surface area contributed by atoms with Gasteiger partial charge in [-0.1, -0.05) is 45.0 Å². The molecule has 3 N–H and O–H groups in total. The number of anilines is 1. The third-order valence-electron chi connectivity index (χ3n) is 7.77. The summed E-state index contributed by atoms with van der Waals surface area (Å²) >= 11 is 0. The minimum Gasteiger partial charge on any atom is -0.478 e. The molecule has 0 radical (unpaired) electrons. The Morgan fingerprint density at radius 2 is 1.80 bits per heavy atom. The maximum absolute atomic E-state index is 13.3. The van der Waals surface area contributed by atoms with Crippen LogP contribution in [0.15, 0.2) is 53.4 Å². The van der Waals surface area contributed by atoms with Crippen molar-refractivity contribution in [2.24, 2.45) is 5.41 Å². The molecular formula is C34H46N4O6S. The summed E-state index contributed by atoms with van der Waals surface area (Å²) in [5.41, 5.74) is 3.02. The van der Waals surface area contributed by atoms with Crippen molar-refractivity contribution >= 4 is 21.9 Å². The summed E-state index contributed by atoms with van der Waals surface area (Å²) in [7, 11) is -4.21. The lowest BCUT2D eigenvalue weighted by Gasteiger charge is -2.37. The van der Waals surface area contributed by atoms with Gasteiger partial charge in [0.1, 0.15) is 6.61 Å². The smallest absolute Gasteiger partial charge is 0.335 e. The first-order valence-electron chi connectivity index (χ1n) is 15.4. The Balaban J connectivity index is 1.62. The molecule has 2 aromatic carbocycles. The molecule has 1 aliphatic rings. The van der Waals surface area contributed by atoms with Gasteiger partial charge in [0.05, 0.1) is 27.9 Å². The summed E-state index contributed by atoms with van der Waals surface area (Å²) in [6.45, 7) is 15.7. The fraction of sp³-hybridized carbons (Fsp3) is 0.500. The molecule has 2 atom stereocenters. The van der Waals surface area contributed by atoms with E-state index < -0.39 is 16.0 Å². The lowest BCUT2D eigenvalue weighted by molar-refractivity contribution is -0.105. The van der Waals surface area contributed by atoms with Crippen LogP contribution in [0.4, 0.5) is 5.95 Å². The van der Waals surface area contributed by atoms with E-state index in [9.17, 15) is 18.3 Å². The Morgan fingerprint density at radius 1 is 1.11 bits per heavy atom. The number of aromatic carboxylic acids is 1. The third-order valence-corrected chi connectivity index (χ3v) is 9.10. The van der Waals surface area contributed by atoms with Crippen LogP contribution in [0.1, 0.15) is 81.8 Å². The molecule has 3 aromatic rings. The maximum Gasteiger partial charge on any atom is 0.335 e. The number of carboxylic acid groups (broad SMARTS) is 1. The van der Waals surface area contributed by atoms with E-state index in [1.807, 2.05) is 32.0 Å². The van der Waals surface area contributed by atoms with Crippen LogP contribution in [0, 0.1) is 19.3 Å². The summed E-state index contributed by atoms with van der Waals surface area (Å²) in [6, 6.07) is 12.7. The molecule has 2 unspecified atom stereocenters. The highest BCUT2D eigenvalue weighted by Gasteiger charge is 2.29. The monoisotopic (exact) mass is 638 g/mol. The van der Waals surface area contributed by atoms with Gasteiger partial charge in [-0.25, -0.2) is 22.9 Å². The molecule has 244 valence electrons. The zero-order valence-electron chi connectivity index (χ0n) is 27.3. The first kappa shape index (κ1) is 34.3. The Labute approximate surface area is 267 Å². The fourth-order valence-corrected chi connectivity index (χ4v) is 6.74. The molecule has 1 aromatic heterocycles. The molecule has 1 aliphatic heterocycles. The lowest BCUT2D eigenvalue weighted by Crippen LogP contribution is -2.46. The zero-order valence-corrected chi connectivity index (χ0v) is 28.1. The van der Waals surface area contributed by atoms with Crippen LogP contribution < -0.4 is 14.8 Å².